The Labute approximate surface area is 507 Å². The molecule has 0 radical (unpaired) electrons. The van der Waals surface area contributed by atoms with Crippen LogP contribution < -0.4 is 10.5 Å². The molecule has 0 aliphatic heterocycles. The molecule has 0 atom stereocenters. The summed E-state index contributed by atoms with van der Waals surface area (Å²) in [5, 5.41) is 21.4. The van der Waals surface area contributed by atoms with E-state index in [4.69, 9.17) is 15.2 Å². The molecular weight excluding hydrogens is 1020 g/mol. The van der Waals surface area contributed by atoms with Gasteiger partial charge in [-0.1, -0.05) is 218 Å². The molecule has 0 saturated carbocycles. The molecule has 462 valence electrons. The number of benzene rings is 5. The van der Waals surface area contributed by atoms with Crippen LogP contribution in [0.25, 0.3) is 0 Å². The third kappa shape index (κ3) is 31.7. The summed E-state index contributed by atoms with van der Waals surface area (Å²) in [6.07, 6.45) is 26.0. The van der Waals surface area contributed by atoms with E-state index in [-0.39, 0.29) is 5.78 Å². The zero-order chi connectivity index (χ0) is 61.1. The number of nitrogens with two attached hydrogens (primary N) is 1. The Hall–Kier alpha value is -4.92. The number of aryl methyl sites for hydroxylation is 6. The third-order valence-corrected chi connectivity index (χ3v) is 15.7. The van der Waals surface area contributed by atoms with E-state index in [1.807, 2.05) is 42.5 Å². The molecule has 83 heavy (non-hydrogen) atoms. The highest BCUT2D eigenvalue weighted by Gasteiger charge is 2.25. The molecule has 0 saturated heterocycles. The van der Waals surface area contributed by atoms with Crippen molar-refractivity contribution in [1.82, 2.24) is 0 Å². The first-order chi connectivity index (χ1) is 40.1. The van der Waals surface area contributed by atoms with E-state index in [1.165, 1.54) is 95.9 Å². The van der Waals surface area contributed by atoms with E-state index in [1.54, 1.807) is 0 Å². The van der Waals surface area contributed by atoms with Gasteiger partial charge in [-0.25, -0.2) is 0 Å². The lowest BCUT2D eigenvalue weighted by atomic mass is 9.86. The van der Waals surface area contributed by atoms with Crippen LogP contribution in [0.5, 0.6) is 5.75 Å². The average molecular weight is 1140 g/mol. The fourth-order valence-corrected chi connectivity index (χ4v) is 11.1. The minimum absolute atomic E-state index is 0.214. The van der Waals surface area contributed by atoms with Crippen molar-refractivity contribution in [2.45, 2.75) is 261 Å². The van der Waals surface area contributed by atoms with Crippen LogP contribution in [0.15, 0.2) is 115 Å². The van der Waals surface area contributed by atoms with Gasteiger partial charge >= 0.3 is 0 Å². The minimum atomic E-state index is -0.514. The highest BCUT2D eigenvalue weighted by Crippen LogP contribution is 2.28. The topological polar surface area (TPSA) is 119 Å². The zero-order valence-corrected chi connectivity index (χ0v) is 54.4. The number of Topliss-reactive ketones (excluding diaryl/α,β-unsaturated/α-hetero) is 2. The number of aliphatic hydroxyl groups is 2. The smallest absolute Gasteiger partial charge is 0.167 e. The monoisotopic (exact) mass is 1140 g/mol. The first-order valence-corrected chi connectivity index (χ1v) is 32.9. The first-order valence-electron chi connectivity index (χ1n) is 32.9. The Morgan fingerprint density at radius 2 is 0.916 bits per heavy atom. The number of ketones is 2. The molecule has 0 fully saturated rings. The van der Waals surface area contributed by atoms with Crippen molar-refractivity contribution in [1.29, 1.82) is 0 Å². The second kappa shape index (κ2) is 44.5. The zero-order valence-electron chi connectivity index (χ0n) is 54.4. The maximum absolute atomic E-state index is 12.5. The molecule has 5 aromatic carbocycles. The second-order valence-electron chi connectivity index (χ2n) is 23.6. The number of carbonyl (C=O) groups excluding carboxylic acids is 2. The first kappa shape index (κ1) is 74.2. The number of hydrogen-bond acceptors (Lipinski definition) is 7. The Morgan fingerprint density at radius 1 is 0.470 bits per heavy atom. The van der Waals surface area contributed by atoms with E-state index in [9.17, 15) is 19.8 Å². The fraction of sp³-hybridized carbons (Fsp3) is 0.579. The highest BCUT2D eigenvalue weighted by molar-refractivity contribution is 5.98. The van der Waals surface area contributed by atoms with Crippen molar-refractivity contribution in [3.8, 4) is 5.75 Å². The van der Waals surface area contributed by atoms with Gasteiger partial charge in [-0.2, -0.15) is 0 Å². The molecular formula is C76H117NO6. The molecule has 0 spiro atoms. The maximum Gasteiger partial charge on any atom is 0.167 e. The summed E-state index contributed by atoms with van der Waals surface area (Å²) in [6, 6.07) is 39.3. The normalized spacial score (nSPS) is 11.3. The van der Waals surface area contributed by atoms with Crippen molar-refractivity contribution in [2.24, 2.45) is 11.7 Å². The van der Waals surface area contributed by atoms with Crippen LogP contribution in [0.2, 0.25) is 0 Å². The molecule has 0 aromatic heterocycles. The van der Waals surface area contributed by atoms with Crippen molar-refractivity contribution in [2.75, 3.05) is 19.8 Å². The summed E-state index contributed by atoms with van der Waals surface area (Å²) in [5.74, 6) is 2.01. The second-order valence-corrected chi connectivity index (χ2v) is 23.6. The summed E-state index contributed by atoms with van der Waals surface area (Å²) < 4.78 is 11.3. The van der Waals surface area contributed by atoms with Gasteiger partial charge in [0.2, 0.25) is 0 Å². The number of carbonyl (C=O) groups is 2. The van der Waals surface area contributed by atoms with Crippen LogP contribution in [-0.2, 0) is 43.4 Å². The Kier molecular flexibility index (Phi) is 39.8. The van der Waals surface area contributed by atoms with Gasteiger partial charge in [-0.15, -0.1) is 0 Å². The molecule has 7 nitrogen and oxygen atoms in total. The van der Waals surface area contributed by atoms with Crippen LogP contribution in [0.4, 0.5) is 0 Å². The third-order valence-electron chi connectivity index (χ3n) is 15.7. The molecule has 4 N–H and O–H groups in total. The molecule has 0 unspecified atom stereocenters. The number of unbranched alkanes of at least 4 members (excludes halogenated alkanes) is 2. The van der Waals surface area contributed by atoms with E-state index in [0.29, 0.717) is 37.9 Å². The molecule has 7 heteroatoms. The molecule has 0 heterocycles. The van der Waals surface area contributed by atoms with Gasteiger partial charge in [0.05, 0.1) is 24.4 Å². The van der Waals surface area contributed by atoms with Crippen LogP contribution in [0, 0.1) is 19.8 Å². The SMILES string of the molecule is CCCC(O)(CCC)CCc1cccc(OCCCN)c1.CCCCc1cccc(C(=O)CC(CCC)CCC)c1.CCCCc1cccc(C(=O)Cc2c(C)cccc2C)c1.CCCOCc1cccc(CCC(O)(CCC)CCC)c1. The van der Waals surface area contributed by atoms with Gasteiger partial charge in [-0.05, 0) is 185 Å². The summed E-state index contributed by atoms with van der Waals surface area (Å²) in [5.41, 5.74) is 16.1. The van der Waals surface area contributed by atoms with E-state index in [2.05, 4.69) is 149 Å². The van der Waals surface area contributed by atoms with Gasteiger partial charge in [0, 0.05) is 30.6 Å². The van der Waals surface area contributed by atoms with E-state index < -0.39 is 11.2 Å². The molecule has 0 bridgehead atoms. The van der Waals surface area contributed by atoms with Crippen molar-refractivity contribution in [3.63, 3.8) is 0 Å². The molecule has 0 aliphatic rings. The van der Waals surface area contributed by atoms with Crippen molar-refractivity contribution < 1.29 is 29.3 Å². The molecule has 0 aliphatic carbocycles. The Balaban J connectivity index is 0.000000378. The van der Waals surface area contributed by atoms with Gasteiger partial charge in [-0.3, -0.25) is 9.59 Å². The average Bonchev–Trinajstić information content (AvgIpc) is 3.59. The van der Waals surface area contributed by atoms with Gasteiger partial charge in [0.1, 0.15) is 5.75 Å². The van der Waals surface area contributed by atoms with E-state index in [0.717, 1.165) is 133 Å². The van der Waals surface area contributed by atoms with Crippen molar-refractivity contribution >= 4 is 11.6 Å². The van der Waals surface area contributed by atoms with Crippen LogP contribution in [0.1, 0.15) is 262 Å². The molecule has 5 rings (SSSR count). The Morgan fingerprint density at radius 3 is 1.39 bits per heavy atom. The summed E-state index contributed by atoms with van der Waals surface area (Å²) in [7, 11) is 0. The lowest BCUT2D eigenvalue weighted by Gasteiger charge is -2.27. The highest BCUT2D eigenvalue weighted by atomic mass is 16.5. The maximum atomic E-state index is 12.5. The van der Waals surface area contributed by atoms with Gasteiger partial charge < -0.3 is 25.4 Å². The predicted octanol–water partition coefficient (Wildman–Crippen LogP) is 19.4. The number of hydrogen-bond donors (Lipinski definition) is 3. The lowest BCUT2D eigenvalue weighted by molar-refractivity contribution is 0.0127. The summed E-state index contributed by atoms with van der Waals surface area (Å²) >= 11 is 0. The lowest BCUT2D eigenvalue weighted by Crippen LogP contribution is -2.28. The molecule has 5 aromatic rings. The van der Waals surface area contributed by atoms with Crippen LogP contribution in [-0.4, -0.2) is 52.7 Å². The number of ether oxygens (including phenoxy) is 2. The van der Waals surface area contributed by atoms with Crippen LogP contribution >= 0.6 is 0 Å². The van der Waals surface area contributed by atoms with Crippen LogP contribution in [0.3, 0.4) is 0 Å². The quantitative estimate of drug-likeness (QED) is 0.0266. The summed E-state index contributed by atoms with van der Waals surface area (Å²) in [4.78, 5) is 25.0. The predicted molar refractivity (Wildman–Crippen MR) is 354 cm³/mol. The standard InChI is InChI=1S/C20H24O.C19H32O2.C19H30O.C18H31NO2/c1-4-5-10-17-11-7-12-18(13-17)20(21)14-19-15(2)8-6-9-16(19)3;1-4-11-19(20,12-5-2)13-10-17-8-7-9-18(15-17)16-21-14-6-3;1-4-7-11-17-12-8-13-18(14-17)19(20)15-16(9-5-2)10-6-3;1-3-10-18(20,11-4-2)12-9-16-7-5-8-17(15-16)21-14-6-13-19/h6-9,11-13H,4-5,10,14H2,1-3H3;7-9,15,20H,4-6,10-14,16H2,1-3H3;8,12-14,16H,4-7,9-11,15H2,1-3H3;5,7-8,15,20H,3-4,6,9-14,19H2,1-2H3. The Bertz CT molecular complexity index is 2360. The summed E-state index contributed by atoms with van der Waals surface area (Å²) in [6.45, 7) is 26.5. The minimum Gasteiger partial charge on any atom is -0.494 e. The fourth-order valence-electron chi connectivity index (χ4n) is 11.1. The van der Waals surface area contributed by atoms with Gasteiger partial charge in [0.15, 0.2) is 11.6 Å². The molecule has 0 amide bonds. The largest absolute Gasteiger partial charge is 0.494 e. The van der Waals surface area contributed by atoms with Gasteiger partial charge in [0.25, 0.3) is 0 Å². The number of rotatable bonds is 38. The van der Waals surface area contributed by atoms with Crippen molar-refractivity contribution in [3.05, 3.63) is 171 Å². The van der Waals surface area contributed by atoms with E-state index >= 15 is 0 Å².